The normalized spacial score (nSPS) is 26.4. The van der Waals surface area contributed by atoms with E-state index in [-0.39, 0.29) is 47.8 Å². The minimum atomic E-state index is -0.686. The molecule has 0 bridgehead atoms. The largest absolute Gasteiger partial charge is 0.453 e. The number of hydrogen-bond acceptors (Lipinski definition) is 10. The molecule has 5 unspecified atom stereocenters. The number of nitrogens with zero attached hydrogens (tertiary/aromatic N) is 4. The number of aromatic nitrogens is 4. The molecule has 4 saturated heterocycles. The van der Waals surface area contributed by atoms with Crippen LogP contribution in [-0.2, 0) is 28.5 Å². The molecule has 6 fully saturated rings. The number of methoxy groups -OCH3 is 2. The van der Waals surface area contributed by atoms with Crippen LogP contribution in [-0.4, -0.2) is 119 Å². The molecule has 8 atom stereocenters. The number of amides is 4. The van der Waals surface area contributed by atoms with E-state index in [4.69, 9.17) is 23.9 Å². The second-order valence-electron chi connectivity index (χ2n) is 17.6. The Balaban J connectivity index is 0.820. The van der Waals surface area contributed by atoms with Crippen molar-refractivity contribution in [1.29, 1.82) is 0 Å². The lowest BCUT2D eigenvalue weighted by Gasteiger charge is -2.35. The Morgan fingerprint density at radius 3 is 1.81 bits per heavy atom. The number of imidazole rings is 2. The van der Waals surface area contributed by atoms with Gasteiger partial charge in [-0.3, -0.25) is 9.59 Å². The summed E-state index contributed by atoms with van der Waals surface area (Å²) < 4.78 is 20.9. The molecule has 62 heavy (non-hydrogen) atoms. The first-order chi connectivity index (χ1) is 30.3. The van der Waals surface area contributed by atoms with Crippen LogP contribution in [0.4, 0.5) is 9.59 Å². The van der Waals surface area contributed by atoms with Crippen molar-refractivity contribution < 1.29 is 38.1 Å². The summed E-state index contributed by atoms with van der Waals surface area (Å²) in [5.74, 6) is 8.57. The van der Waals surface area contributed by atoms with Gasteiger partial charge in [0.2, 0.25) is 11.8 Å². The van der Waals surface area contributed by atoms with Crippen LogP contribution in [0.2, 0.25) is 0 Å². The highest BCUT2D eigenvalue weighted by Crippen LogP contribution is 2.54. The van der Waals surface area contributed by atoms with E-state index < -0.39 is 24.3 Å². The van der Waals surface area contributed by atoms with Crippen LogP contribution in [0.1, 0.15) is 86.4 Å². The van der Waals surface area contributed by atoms with Gasteiger partial charge < -0.3 is 49.3 Å². The van der Waals surface area contributed by atoms with Gasteiger partial charge in [-0.1, -0.05) is 24.1 Å². The number of hydrogen-bond donors (Lipinski definition) is 4. The molecule has 4 aliphatic heterocycles. The fourth-order valence-electron chi connectivity index (χ4n) is 10.4. The minimum Gasteiger partial charge on any atom is -0.453 e. The van der Waals surface area contributed by atoms with Crippen LogP contribution in [0.3, 0.4) is 0 Å². The molecule has 0 spiro atoms. The molecule has 4 N–H and O–H groups in total. The number of alkyl carbamates (subject to hydrolysis) is 2. The van der Waals surface area contributed by atoms with Gasteiger partial charge in [-0.25, -0.2) is 19.6 Å². The van der Waals surface area contributed by atoms with Gasteiger partial charge in [-0.05, 0) is 110 Å². The number of aromatic amines is 2. The van der Waals surface area contributed by atoms with Crippen molar-refractivity contribution in [3.8, 4) is 23.1 Å². The number of ether oxygens (including phenoxy) is 4. The average Bonchev–Trinajstić information content (AvgIpc) is 3.90. The molecule has 4 aromatic rings. The van der Waals surface area contributed by atoms with Crippen molar-refractivity contribution >= 4 is 34.8 Å². The van der Waals surface area contributed by atoms with Crippen molar-refractivity contribution in [2.24, 2.45) is 23.7 Å². The van der Waals surface area contributed by atoms with E-state index in [0.717, 1.165) is 59.1 Å². The Bertz CT molecular complexity index is 2430. The number of carbonyl (C=O) groups excluding carboxylic acids is 4. The molecule has 2 aromatic carbocycles. The molecule has 324 valence electrons. The second-order valence-corrected chi connectivity index (χ2v) is 17.6. The van der Waals surface area contributed by atoms with Gasteiger partial charge in [0, 0.05) is 49.6 Å². The second kappa shape index (κ2) is 16.7. The Labute approximate surface area is 359 Å². The lowest BCUT2D eigenvalue weighted by molar-refractivity contribution is -0.138. The summed E-state index contributed by atoms with van der Waals surface area (Å²) in [7, 11) is 2.63. The number of likely N-dealkylation sites (tertiary alicyclic amines) is 2. The molecule has 16 heteroatoms. The molecule has 16 nitrogen and oxygen atoms in total. The molecule has 0 radical (unpaired) electrons. The Kier molecular flexibility index (Phi) is 10.8. The van der Waals surface area contributed by atoms with Crippen LogP contribution < -0.4 is 10.6 Å². The smallest absolute Gasteiger partial charge is 0.407 e. The standard InChI is InChI=1S/C46H52N8O8/c1-59-45(57)51-39(26-9-13-61-14-10-26)43(55)53-35-19-31(35)21-37(53)41-47-23-33(49-41)8-4-25-3-5-29-18-30(7-6-28(29)17-25)34-24-48-42(50-34)38-22-32-20-36(32)54(38)44(56)40(52-46(58)60-2)27-11-15-62-16-12-27/h3,5-7,17-18,23-24,26-27,31-32,35-40H,9-16,19-22H2,1-2H3,(H,47,49)(H,48,50)(H,51,57)(H,52,58)/t31?,32-,35-,36?,37?,38+,39?,40?/m1/s1. The summed E-state index contributed by atoms with van der Waals surface area (Å²) >= 11 is 0. The van der Waals surface area contributed by atoms with Gasteiger partial charge in [-0.15, -0.1) is 0 Å². The molecule has 2 saturated carbocycles. The third-order valence-corrected chi connectivity index (χ3v) is 14.0. The zero-order valence-corrected chi connectivity index (χ0v) is 34.9. The Morgan fingerprint density at radius 2 is 1.23 bits per heavy atom. The average molecular weight is 845 g/mol. The highest BCUT2D eigenvalue weighted by molar-refractivity contribution is 5.89. The van der Waals surface area contributed by atoms with Gasteiger partial charge in [0.05, 0.1) is 44.4 Å². The zero-order valence-electron chi connectivity index (χ0n) is 34.9. The van der Waals surface area contributed by atoms with E-state index in [9.17, 15) is 19.2 Å². The summed E-state index contributed by atoms with van der Waals surface area (Å²) in [5, 5.41) is 7.77. The number of carbonyl (C=O) groups is 4. The SMILES string of the molecule is COC(=O)NC(C(=O)N1C(c2ncc(C#Cc3ccc4cc(-c5cnc([C@@H]6C[C@H]7CC7N6C(=O)C(NC(=O)OC)C6CCOCC6)[nH]5)ccc4c3)[nH]2)CC2C[C@H]21)C1CCOCC1. The number of benzene rings is 2. The molecule has 2 aromatic heterocycles. The van der Waals surface area contributed by atoms with Gasteiger partial charge >= 0.3 is 12.2 Å². The summed E-state index contributed by atoms with van der Waals surface area (Å²) in [4.78, 5) is 73.4. The quantitative estimate of drug-likeness (QED) is 0.167. The molecule has 6 aliphatic rings. The third-order valence-electron chi connectivity index (χ3n) is 14.0. The summed E-state index contributed by atoms with van der Waals surface area (Å²) in [6, 6.07) is 10.8. The number of nitrogens with one attached hydrogen (secondary N) is 4. The fraction of sp³-hybridized carbons (Fsp3) is 0.522. The van der Waals surface area contributed by atoms with Gasteiger partial charge in [0.15, 0.2) is 0 Å². The maximum absolute atomic E-state index is 14.2. The first-order valence-corrected chi connectivity index (χ1v) is 21.9. The fourth-order valence-corrected chi connectivity index (χ4v) is 10.4. The van der Waals surface area contributed by atoms with Crippen LogP contribution in [0.15, 0.2) is 48.8 Å². The van der Waals surface area contributed by atoms with Crippen molar-refractivity contribution in [2.45, 2.75) is 87.6 Å². The molecular formula is C46H52N8O8. The number of rotatable bonds is 9. The predicted octanol–water partition coefficient (Wildman–Crippen LogP) is 4.98. The van der Waals surface area contributed by atoms with Crippen LogP contribution in [0, 0.1) is 35.5 Å². The summed E-state index contributed by atoms with van der Waals surface area (Å²) in [6.07, 6.45) is 8.68. The Hall–Kier alpha value is -5.92. The van der Waals surface area contributed by atoms with E-state index in [1.165, 1.54) is 14.2 Å². The third kappa shape index (κ3) is 7.88. The molecular weight excluding hydrogens is 793 g/mol. The Morgan fingerprint density at radius 1 is 0.694 bits per heavy atom. The monoisotopic (exact) mass is 844 g/mol. The number of piperidine rings is 2. The van der Waals surface area contributed by atoms with Crippen molar-refractivity contribution in [2.75, 3.05) is 40.6 Å². The van der Waals surface area contributed by atoms with Gasteiger partial charge in [-0.2, -0.15) is 0 Å². The van der Waals surface area contributed by atoms with Crippen LogP contribution in [0.25, 0.3) is 22.0 Å². The van der Waals surface area contributed by atoms with Crippen molar-refractivity contribution in [3.63, 3.8) is 0 Å². The van der Waals surface area contributed by atoms with Crippen molar-refractivity contribution in [3.05, 3.63) is 71.7 Å². The zero-order chi connectivity index (χ0) is 42.5. The van der Waals surface area contributed by atoms with Crippen LogP contribution in [0.5, 0.6) is 0 Å². The molecule has 4 amide bonds. The molecule has 6 heterocycles. The van der Waals surface area contributed by atoms with Crippen molar-refractivity contribution in [1.82, 2.24) is 40.4 Å². The first kappa shape index (κ1) is 40.2. The maximum atomic E-state index is 14.2. The van der Waals surface area contributed by atoms with E-state index in [1.54, 1.807) is 6.20 Å². The molecule has 10 rings (SSSR count). The van der Waals surface area contributed by atoms with E-state index in [1.807, 2.05) is 22.1 Å². The highest BCUT2D eigenvalue weighted by Gasteiger charge is 2.58. The maximum Gasteiger partial charge on any atom is 0.407 e. The highest BCUT2D eigenvalue weighted by atomic mass is 16.5. The first-order valence-electron chi connectivity index (χ1n) is 21.9. The van der Waals surface area contributed by atoms with Gasteiger partial charge in [0.25, 0.3) is 0 Å². The van der Waals surface area contributed by atoms with E-state index in [0.29, 0.717) is 75.5 Å². The topological polar surface area (TPSA) is 193 Å². The van der Waals surface area contributed by atoms with Gasteiger partial charge in [0.1, 0.15) is 29.4 Å². The minimum absolute atomic E-state index is 0.0266. The number of H-pyrrole nitrogens is 2. The lowest BCUT2D eigenvalue weighted by atomic mass is 9.90. The number of fused-ring (bicyclic) bond motifs is 3. The predicted molar refractivity (Wildman–Crippen MR) is 224 cm³/mol. The lowest BCUT2D eigenvalue weighted by Crippen LogP contribution is -2.54. The van der Waals surface area contributed by atoms with E-state index in [2.05, 4.69) is 67.8 Å². The summed E-state index contributed by atoms with van der Waals surface area (Å²) in [6.45, 7) is 2.24. The van der Waals surface area contributed by atoms with E-state index >= 15 is 0 Å². The summed E-state index contributed by atoms with van der Waals surface area (Å²) in [5.41, 5.74) is 3.35. The van der Waals surface area contributed by atoms with Crippen LogP contribution >= 0.6 is 0 Å². The molecule has 2 aliphatic carbocycles.